The van der Waals surface area contributed by atoms with E-state index in [0.29, 0.717) is 19.3 Å². The molecule has 0 aromatic rings. The molecule has 1 aliphatic rings. The van der Waals surface area contributed by atoms with Gasteiger partial charge in [-0.2, -0.15) is 13.2 Å². The molecule has 1 aliphatic carbocycles. The highest BCUT2D eigenvalue weighted by Crippen LogP contribution is 2.24. The van der Waals surface area contributed by atoms with Gasteiger partial charge < -0.3 is 9.84 Å². The van der Waals surface area contributed by atoms with Gasteiger partial charge >= 0.3 is 6.18 Å². The summed E-state index contributed by atoms with van der Waals surface area (Å²) in [5.74, 6) is 0. The van der Waals surface area contributed by atoms with Crippen LogP contribution in [0.3, 0.4) is 0 Å². The van der Waals surface area contributed by atoms with Gasteiger partial charge in [0.15, 0.2) is 0 Å². The van der Waals surface area contributed by atoms with Crippen molar-refractivity contribution < 1.29 is 23.0 Å². The largest absolute Gasteiger partial charge is 0.411 e. The first kappa shape index (κ1) is 9.80. The van der Waals surface area contributed by atoms with Crippen molar-refractivity contribution in [1.29, 1.82) is 0 Å². The second kappa shape index (κ2) is 3.62. The number of hydrogen-bond acceptors (Lipinski definition) is 2. The normalized spacial score (nSPS) is 31.0. The maximum absolute atomic E-state index is 11.6. The summed E-state index contributed by atoms with van der Waals surface area (Å²) in [5, 5.41) is 8.97. The van der Waals surface area contributed by atoms with Crippen molar-refractivity contribution in [2.45, 2.75) is 37.6 Å². The van der Waals surface area contributed by atoms with Gasteiger partial charge in [-0.3, -0.25) is 0 Å². The summed E-state index contributed by atoms with van der Waals surface area (Å²) in [6.45, 7) is -1.20. The van der Waals surface area contributed by atoms with Gasteiger partial charge in [-0.15, -0.1) is 0 Å². The van der Waals surface area contributed by atoms with Gasteiger partial charge in [0, 0.05) is 0 Å². The summed E-state index contributed by atoms with van der Waals surface area (Å²) in [4.78, 5) is 0. The Morgan fingerprint density at radius 3 is 2.42 bits per heavy atom. The van der Waals surface area contributed by atoms with E-state index in [1.54, 1.807) is 0 Å². The Hall–Kier alpha value is -0.290. The lowest BCUT2D eigenvalue weighted by Gasteiger charge is -2.12. The van der Waals surface area contributed by atoms with Crippen LogP contribution >= 0.6 is 0 Å². The van der Waals surface area contributed by atoms with Crippen molar-refractivity contribution in [3.8, 4) is 0 Å². The third-order valence-electron chi connectivity index (χ3n) is 1.84. The van der Waals surface area contributed by atoms with Crippen LogP contribution in [0.5, 0.6) is 0 Å². The van der Waals surface area contributed by atoms with Gasteiger partial charge in [0.05, 0.1) is 12.2 Å². The highest BCUT2D eigenvalue weighted by Gasteiger charge is 2.31. The van der Waals surface area contributed by atoms with Gasteiger partial charge in [0.1, 0.15) is 6.61 Å². The summed E-state index contributed by atoms with van der Waals surface area (Å²) in [7, 11) is 0. The van der Waals surface area contributed by atoms with Crippen LogP contribution < -0.4 is 0 Å². The predicted molar refractivity (Wildman–Crippen MR) is 35.7 cm³/mol. The molecule has 1 rings (SSSR count). The number of hydrogen-bond donors (Lipinski definition) is 1. The molecule has 5 heteroatoms. The fraction of sp³-hybridized carbons (Fsp3) is 1.00. The Labute approximate surface area is 68.3 Å². The molecule has 0 aromatic heterocycles. The molecular weight excluding hydrogens is 173 g/mol. The molecule has 12 heavy (non-hydrogen) atoms. The minimum Gasteiger partial charge on any atom is -0.393 e. The van der Waals surface area contributed by atoms with Gasteiger partial charge in [0.25, 0.3) is 0 Å². The van der Waals surface area contributed by atoms with E-state index in [0.717, 1.165) is 0 Å². The lowest BCUT2D eigenvalue weighted by Crippen LogP contribution is -2.22. The minimum atomic E-state index is -4.26. The Kier molecular flexibility index (Phi) is 2.95. The van der Waals surface area contributed by atoms with E-state index >= 15 is 0 Å². The first-order valence-electron chi connectivity index (χ1n) is 3.84. The molecule has 1 fully saturated rings. The third-order valence-corrected chi connectivity index (χ3v) is 1.84. The molecule has 72 valence electrons. The van der Waals surface area contributed by atoms with Crippen molar-refractivity contribution in [3.05, 3.63) is 0 Å². The van der Waals surface area contributed by atoms with Gasteiger partial charge in [0.2, 0.25) is 0 Å². The first-order valence-corrected chi connectivity index (χ1v) is 3.84. The van der Waals surface area contributed by atoms with Gasteiger partial charge in [-0.1, -0.05) is 0 Å². The Morgan fingerprint density at radius 1 is 1.33 bits per heavy atom. The van der Waals surface area contributed by atoms with Crippen LogP contribution in [0.25, 0.3) is 0 Å². The smallest absolute Gasteiger partial charge is 0.393 e. The van der Waals surface area contributed by atoms with Crippen molar-refractivity contribution >= 4 is 0 Å². The van der Waals surface area contributed by atoms with E-state index in [4.69, 9.17) is 5.11 Å². The van der Waals surface area contributed by atoms with Gasteiger partial charge in [-0.25, -0.2) is 0 Å². The highest BCUT2D eigenvalue weighted by molar-refractivity contribution is 4.75. The molecule has 0 radical (unpaired) electrons. The van der Waals surface area contributed by atoms with Crippen molar-refractivity contribution in [3.63, 3.8) is 0 Å². The highest BCUT2D eigenvalue weighted by atomic mass is 19.4. The van der Waals surface area contributed by atoms with E-state index < -0.39 is 25.0 Å². The van der Waals surface area contributed by atoms with E-state index in [9.17, 15) is 13.2 Å². The predicted octanol–water partition coefficient (Wildman–Crippen LogP) is 1.48. The molecule has 2 unspecified atom stereocenters. The number of rotatable bonds is 2. The second-order valence-corrected chi connectivity index (χ2v) is 3.02. The summed E-state index contributed by atoms with van der Waals surface area (Å²) in [5.41, 5.74) is 0. The van der Waals surface area contributed by atoms with Crippen LogP contribution in [0.1, 0.15) is 19.3 Å². The number of aliphatic hydroxyl groups is 1. The average molecular weight is 184 g/mol. The fourth-order valence-corrected chi connectivity index (χ4v) is 1.28. The summed E-state index contributed by atoms with van der Waals surface area (Å²) >= 11 is 0. The molecule has 2 nitrogen and oxygen atoms in total. The van der Waals surface area contributed by atoms with E-state index in [-0.39, 0.29) is 0 Å². The number of alkyl halides is 3. The van der Waals surface area contributed by atoms with Crippen LogP contribution in [0.2, 0.25) is 0 Å². The molecule has 2 atom stereocenters. The maximum Gasteiger partial charge on any atom is 0.411 e. The molecule has 1 saturated carbocycles. The number of ether oxygens (including phenoxy) is 1. The maximum atomic E-state index is 11.6. The number of aliphatic hydroxyl groups excluding tert-OH is 1. The van der Waals surface area contributed by atoms with Crippen LogP contribution in [-0.4, -0.2) is 30.1 Å². The van der Waals surface area contributed by atoms with Crippen molar-refractivity contribution in [2.75, 3.05) is 6.61 Å². The molecule has 0 aromatic carbocycles. The Bertz CT molecular complexity index is 146. The SMILES string of the molecule is OC1CCC(OCC(F)(F)F)C1. The topological polar surface area (TPSA) is 29.5 Å². The summed E-state index contributed by atoms with van der Waals surface area (Å²) in [6.07, 6.45) is -3.76. The standard InChI is InChI=1S/C7H11F3O2/c8-7(9,10)4-12-6-2-1-5(11)3-6/h5-6,11H,1-4H2. The zero-order valence-electron chi connectivity index (χ0n) is 6.47. The molecular formula is C7H11F3O2. The molecule has 0 bridgehead atoms. The van der Waals surface area contributed by atoms with Crippen LogP contribution in [-0.2, 0) is 4.74 Å². The molecule has 0 heterocycles. The quantitative estimate of drug-likeness (QED) is 0.704. The van der Waals surface area contributed by atoms with E-state index in [1.807, 2.05) is 0 Å². The third kappa shape index (κ3) is 3.40. The number of halogens is 3. The summed E-state index contributed by atoms with van der Waals surface area (Å²) in [6, 6.07) is 0. The van der Waals surface area contributed by atoms with Crippen LogP contribution in [0.4, 0.5) is 13.2 Å². The van der Waals surface area contributed by atoms with Crippen molar-refractivity contribution in [1.82, 2.24) is 0 Å². The fourth-order valence-electron chi connectivity index (χ4n) is 1.28. The zero-order chi connectivity index (χ0) is 9.19. The van der Waals surface area contributed by atoms with E-state index in [1.165, 1.54) is 0 Å². The molecule has 1 N–H and O–H groups in total. The monoisotopic (exact) mass is 184 g/mol. The zero-order valence-corrected chi connectivity index (χ0v) is 6.47. The lowest BCUT2D eigenvalue weighted by molar-refractivity contribution is -0.185. The molecule has 0 saturated heterocycles. The van der Waals surface area contributed by atoms with Gasteiger partial charge in [-0.05, 0) is 19.3 Å². The molecule has 0 amide bonds. The molecule has 0 aliphatic heterocycles. The summed E-state index contributed by atoms with van der Waals surface area (Å²) < 4.78 is 39.4. The van der Waals surface area contributed by atoms with Crippen LogP contribution in [0.15, 0.2) is 0 Å². The minimum absolute atomic E-state index is 0.329. The average Bonchev–Trinajstić information content (AvgIpc) is 2.30. The Morgan fingerprint density at radius 2 is 2.00 bits per heavy atom. The second-order valence-electron chi connectivity index (χ2n) is 3.02. The van der Waals surface area contributed by atoms with Crippen molar-refractivity contribution in [2.24, 2.45) is 0 Å². The Balaban J connectivity index is 2.16. The van der Waals surface area contributed by atoms with E-state index in [2.05, 4.69) is 4.74 Å². The van der Waals surface area contributed by atoms with Crippen LogP contribution in [0, 0.1) is 0 Å². The lowest BCUT2D eigenvalue weighted by atomic mass is 10.3. The first-order chi connectivity index (χ1) is 5.47. The molecule has 0 spiro atoms.